The summed E-state index contributed by atoms with van der Waals surface area (Å²) in [6.07, 6.45) is 3.30. The predicted molar refractivity (Wildman–Crippen MR) is 117 cm³/mol. The lowest BCUT2D eigenvalue weighted by molar-refractivity contribution is -0.116. The Balaban J connectivity index is 1.51. The van der Waals surface area contributed by atoms with Crippen LogP contribution in [-0.2, 0) is 29.6 Å². The standard InChI is InChI=1S/C20H24N4O6S2/c25-20-7-13-31(26,27)24(20)17-3-5-18(6-4-17)32(28,29)22-15-19(16-2-1-8-21-14-16)23-9-11-30-12-10-23/h1-6,8,14,19,22H,7,9-13,15H2/t19-/m0/s1. The van der Waals surface area contributed by atoms with Gasteiger partial charge in [-0.15, -0.1) is 0 Å². The summed E-state index contributed by atoms with van der Waals surface area (Å²) in [5, 5.41) is 0. The zero-order valence-corrected chi connectivity index (χ0v) is 18.9. The Hall–Kier alpha value is -2.38. The predicted octanol–water partition coefficient (Wildman–Crippen LogP) is 0.500. The van der Waals surface area contributed by atoms with Crippen molar-refractivity contribution in [3.8, 4) is 0 Å². The van der Waals surface area contributed by atoms with Gasteiger partial charge in [0.25, 0.3) is 0 Å². The number of ether oxygens (including phenoxy) is 1. The molecule has 2 aliphatic heterocycles. The largest absolute Gasteiger partial charge is 0.379 e. The number of nitrogens with zero attached hydrogens (tertiary/aromatic N) is 3. The number of carbonyl (C=O) groups is 1. The fourth-order valence-corrected chi connectivity index (χ4v) is 6.32. The molecule has 4 rings (SSSR count). The molecule has 1 aromatic heterocycles. The molecule has 172 valence electrons. The molecule has 2 fully saturated rings. The van der Waals surface area contributed by atoms with Gasteiger partial charge in [0.2, 0.25) is 26.0 Å². The number of benzene rings is 1. The highest BCUT2D eigenvalue weighted by atomic mass is 32.2. The molecule has 10 nitrogen and oxygen atoms in total. The van der Waals surface area contributed by atoms with Gasteiger partial charge in [-0.1, -0.05) is 6.07 Å². The van der Waals surface area contributed by atoms with Gasteiger partial charge in [-0.05, 0) is 35.9 Å². The summed E-state index contributed by atoms with van der Waals surface area (Å²) in [5.41, 5.74) is 1.03. The molecule has 1 amide bonds. The quantitative estimate of drug-likeness (QED) is 0.607. The SMILES string of the molecule is O=C1CCS(=O)(=O)N1c1ccc(S(=O)(=O)NC[C@@H](c2cccnc2)N2CCOCC2)cc1. The van der Waals surface area contributed by atoms with Gasteiger partial charge in [0.05, 0.1) is 35.6 Å². The number of rotatable bonds is 7. The maximum absolute atomic E-state index is 12.9. The Bertz CT molecular complexity index is 1160. The second-order valence-electron chi connectivity index (χ2n) is 7.52. The number of nitrogens with one attached hydrogen (secondary N) is 1. The van der Waals surface area contributed by atoms with Crippen molar-refractivity contribution in [2.24, 2.45) is 0 Å². The normalized spacial score (nSPS) is 20.4. The molecule has 3 heterocycles. The van der Waals surface area contributed by atoms with Crippen molar-refractivity contribution in [2.75, 3.05) is 42.9 Å². The van der Waals surface area contributed by atoms with Crippen LogP contribution in [0.25, 0.3) is 0 Å². The summed E-state index contributed by atoms with van der Waals surface area (Å²) in [6, 6.07) is 8.76. The molecular weight excluding hydrogens is 456 g/mol. The van der Waals surface area contributed by atoms with E-state index in [1.807, 2.05) is 12.1 Å². The van der Waals surface area contributed by atoms with E-state index in [4.69, 9.17) is 4.74 Å². The molecule has 32 heavy (non-hydrogen) atoms. The third-order valence-electron chi connectivity index (χ3n) is 5.48. The Labute approximate surface area is 187 Å². The zero-order chi connectivity index (χ0) is 22.8. The summed E-state index contributed by atoms with van der Waals surface area (Å²) in [5.74, 6) is -0.770. The van der Waals surface area contributed by atoms with Gasteiger partial charge in [0, 0.05) is 38.4 Å². The highest BCUT2D eigenvalue weighted by molar-refractivity contribution is 7.94. The lowest BCUT2D eigenvalue weighted by atomic mass is 10.1. The number of amides is 1. The van der Waals surface area contributed by atoms with Crippen LogP contribution in [0.3, 0.4) is 0 Å². The number of hydrogen-bond acceptors (Lipinski definition) is 8. The number of sulfonamides is 2. The van der Waals surface area contributed by atoms with E-state index < -0.39 is 26.0 Å². The minimum Gasteiger partial charge on any atom is -0.379 e. The van der Waals surface area contributed by atoms with Crippen LogP contribution in [0, 0.1) is 0 Å². The molecule has 12 heteroatoms. The third kappa shape index (κ3) is 4.84. The minimum atomic E-state index is -3.87. The third-order valence-corrected chi connectivity index (χ3v) is 8.61. The average Bonchev–Trinajstić information content (AvgIpc) is 3.07. The van der Waals surface area contributed by atoms with Crippen LogP contribution in [0.5, 0.6) is 0 Å². The molecule has 0 bridgehead atoms. The van der Waals surface area contributed by atoms with Gasteiger partial charge in [0.15, 0.2) is 0 Å². The molecule has 2 saturated heterocycles. The highest BCUT2D eigenvalue weighted by Gasteiger charge is 2.36. The molecule has 1 atom stereocenters. The molecular formula is C20H24N4O6S2. The van der Waals surface area contributed by atoms with Crippen LogP contribution in [0.1, 0.15) is 18.0 Å². The summed E-state index contributed by atoms with van der Waals surface area (Å²) in [6.45, 7) is 2.63. The van der Waals surface area contributed by atoms with Crippen molar-refractivity contribution in [1.82, 2.24) is 14.6 Å². The van der Waals surface area contributed by atoms with Crippen molar-refractivity contribution < 1.29 is 26.4 Å². The van der Waals surface area contributed by atoms with E-state index in [9.17, 15) is 21.6 Å². The van der Waals surface area contributed by atoms with Crippen LogP contribution in [0.2, 0.25) is 0 Å². The number of aromatic nitrogens is 1. The second-order valence-corrected chi connectivity index (χ2v) is 11.2. The molecule has 2 aromatic rings. The van der Waals surface area contributed by atoms with Crippen molar-refractivity contribution in [2.45, 2.75) is 17.4 Å². The van der Waals surface area contributed by atoms with E-state index >= 15 is 0 Å². The molecule has 0 saturated carbocycles. The van der Waals surface area contributed by atoms with Crippen molar-refractivity contribution in [1.29, 1.82) is 0 Å². The topological polar surface area (TPSA) is 126 Å². The summed E-state index contributed by atoms with van der Waals surface area (Å²) in [7, 11) is -7.57. The molecule has 2 aliphatic rings. The maximum atomic E-state index is 12.9. The van der Waals surface area contributed by atoms with Gasteiger partial charge in [-0.3, -0.25) is 14.7 Å². The van der Waals surface area contributed by atoms with Gasteiger partial charge in [-0.2, -0.15) is 0 Å². The number of carbonyl (C=O) groups excluding carboxylic acids is 1. The number of hydrogen-bond donors (Lipinski definition) is 1. The molecule has 1 N–H and O–H groups in total. The second kappa shape index (κ2) is 9.24. The van der Waals surface area contributed by atoms with Gasteiger partial charge in [-0.25, -0.2) is 25.9 Å². The fourth-order valence-electron chi connectivity index (χ4n) is 3.82. The first-order chi connectivity index (χ1) is 15.3. The molecule has 0 radical (unpaired) electrons. The highest BCUT2D eigenvalue weighted by Crippen LogP contribution is 2.27. The Morgan fingerprint density at radius 1 is 1.12 bits per heavy atom. The maximum Gasteiger partial charge on any atom is 0.242 e. The molecule has 0 aliphatic carbocycles. The van der Waals surface area contributed by atoms with Crippen LogP contribution in [-0.4, -0.2) is 71.2 Å². The molecule has 0 spiro atoms. The molecule has 0 unspecified atom stereocenters. The van der Waals surface area contributed by atoms with E-state index in [-0.39, 0.29) is 35.3 Å². The smallest absolute Gasteiger partial charge is 0.242 e. The van der Waals surface area contributed by atoms with Crippen LogP contribution < -0.4 is 9.03 Å². The first-order valence-electron chi connectivity index (χ1n) is 10.2. The van der Waals surface area contributed by atoms with E-state index in [1.54, 1.807) is 12.4 Å². The number of pyridine rings is 1. The van der Waals surface area contributed by atoms with E-state index in [0.717, 1.165) is 9.87 Å². The first-order valence-corrected chi connectivity index (χ1v) is 13.2. The Kier molecular flexibility index (Phi) is 6.58. The number of anilines is 1. The summed E-state index contributed by atoms with van der Waals surface area (Å²) in [4.78, 5) is 18.2. The van der Waals surface area contributed by atoms with Crippen LogP contribution in [0.15, 0.2) is 53.7 Å². The Morgan fingerprint density at radius 2 is 1.84 bits per heavy atom. The van der Waals surface area contributed by atoms with Crippen molar-refractivity contribution in [3.63, 3.8) is 0 Å². The minimum absolute atomic E-state index is 0.0165. The number of morpholine rings is 1. The Morgan fingerprint density at radius 3 is 2.44 bits per heavy atom. The van der Waals surface area contributed by atoms with Gasteiger partial charge in [0.1, 0.15) is 0 Å². The summed E-state index contributed by atoms with van der Waals surface area (Å²) < 4.78 is 58.7. The van der Waals surface area contributed by atoms with E-state index in [0.29, 0.717) is 26.3 Å². The van der Waals surface area contributed by atoms with E-state index in [2.05, 4.69) is 14.6 Å². The monoisotopic (exact) mass is 480 g/mol. The van der Waals surface area contributed by atoms with Crippen LogP contribution in [0.4, 0.5) is 5.69 Å². The van der Waals surface area contributed by atoms with Gasteiger partial charge < -0.3 is 4.74 Å². The summed E-state index contributed by atoms with van der Waals surface area (Å²) >= 11 is 0. The van der Waals surface area contributed by atoms with Crippen molar-refractivity contribution in [3.05, 3.63) is 54.4 Å². The lowest BCUT2D eigenvalue weighted by Gasteiger charge is -2.34. The zero-order valence-electron chi connectivity index (χ0n) is 17.3. The fraction of sp³-hybridized carbons (Fsp3) is 0.400. The molecule has 1 aromatic carbocycles. The first kappa shape index (κ1) is 22.8. The lowest BCUT2D eigenvalue weighted by Crippen LogP contribution is -2.43. The van der Waals surface area contributed by atoms with E-state index in [1.165, 1.54) is 24.3 Å². The van der Waals surface area contributed by atoms with Crippen LogP contribution >= 0.6 is 0 Å². The van der Waals surface area contributed by atoms with Crippen molar-refractivity contribution >= 4 is 31.6 Å². The van der Waals surface area contributed by atoms with Gasteiger partial charge >= 0.3 is 0 Å². The average molecular weight is 481 g/mol.